The fraction of sp³-hybridized carbons (Fsp3) is 0.647. The molecule has 0 saturated carbocycles. The van der Waals surface area contributed by atoms with Gasteiger partial charge in [0.15, 0.2) is 0 Å². The van der Waals surface area contributed by atoms with E-state index in [2.05, 4.69) is 0 Å². The molecule has 1 fully saturated rings. The summed E-state index contributed by atoms with van der Waals surface area (Å²) in [6, 6.07) is 3.33. The topological polar surface area (TPSA) is 49.9 Å². The molecule has 0 spiro atoms. The normalized spacial score (nSPS) is 17.9. The summed E-state index contributed by atoms with van der Waals surface area (Å²) in [6.45, 7) is 9.11. The number of carbonyl (C=O) groups excluding carboxylic acids is 2. The lowest BCUT2D eigenvalue weighted by atomic mass is 10.2. The zero-order valence-electron chi connectivity index (χ0n) is 14.7. The molecule has 1 aliphatic rings. The van der Waals surface area contributed by atoms with Gasteiger partial charge < -0.3 is 9.64 Å². The Morgan fingerprint density at radius 2 is 2.12 bits per heavy atom. The number of likely N-dealkylation sites (N-methyl/N-ethyl adjacent to an activating group) is 1. The smallest absolute Gasteiger partial charge is 0.410 e. The fourth-order valence-electron chi connectivity index (χ4n) is 2.74. The third-order valence-corrected chi connectivity index (χ3v) is 5.05. The van der Waals surface area contributed by atoms with Gasteiger partial charge in [-0.3, -0.25) is 9.69 Å². The van der Waals surface area contributed by atoms with Gasteiger partial charge in [-0.15, -0.1) is 11.3 Å². The number of thiophene rings is 1. The van der Waals surface area contributed by atoms with Gasteiger partial charge in [0.25, 0.3) is 0 Å². The third kappa shape index (κ3) is 4.86. The minimum Gasteiger partial charge on any atom is -0.444 e. The van der Waals surface area contributed by atoms with E-state index in [0.29, 0.717) is 30.4 Å². The van der Waals surface area contributed by atoms with Gasteiger partial charge in [-0.05, 0) is 52.7 Å². The second-order valence-corrected chi connectivity index (χ2v) is 8.69. The number of hydrogen-bond acceptors (Lipinski definition) is 4. The zero-order valence-corrected chi connectivity index (χ0v) is 16.2. The number of carbonyl (C=O) groups is 2. The molecule has 7 heteroatoms. The van der Waals surface area contributed by atoms with Crippen molar-refractivity contribution in [3.8, 4) is 0 Å². The zero-order chi connectivity index (χ0) is 17.9. The summed E-state index contributed by atoms with van der Waals surface area (Å²) in [5.74, 6) is -0.0228. The Labute approximate surface area is 152 Å². The molecule has 0 radical (unpaired) electrons. The molecule has 0 bridgehead atoms. The summed E-state index contributed by atoms with van der Waals surface area (Å²) in [7, 11) is 0. The lowest BCUT2D eigenvalue weighted by Crippen LogP contribution is -2.48. The van der Waals surface area contributed by atoms with Gasteiger partial charge in [-0.25, -0.2) is 4.79 Å². The molecular weight excluding hydrogens is 348 g/mol. The Hall–Kier alpha value is -1.27. The summed E-state index contributed by atoms with van der Waals surface area (Å²) >= 11 is 7.44. The molecule has 1 saturated heterocycles. The Morgan fingerprint density at radius 1 is 1.42 bits per heavy atom. The summed E-state index contributed by atoms with van der Waals surface area (Å²) in [6.07, 6.45) is 1.09. The molecule has 2 amide bonds. The second-order valence-electron chi connectivity index (χ2n) is 6.89. The SMILES string of the molecule is CCN(Cc1ccc(Cl)s1)C(=O)C1CCCN1C(=O)OC(C)(C)C. The number of likely N-dealkylation sites (tertiary alicyclic amines) is 1. The first-order valence-electron chi connectivity index (χ1n) is 8.24. The minimum atomic E-state index is -0.564. The van der Waals surface area contributed by atoms with Crippen LogP contribution in [0.2, 0.25) is 4.34 Å². The van der Waals surface area contributed by atoms with Crippen molar-refractivity contribution in [2.75, 3.05) is 13.1 Å². The highest BCUT2D eigenvalue weighted by Crippen LogP contribution is 2.26. The first kappa shape index (κ1) is 19.1. The van der Waals surface area contributed by atoms with Gasteiger partial charge in [0.1, 0.15) is 11.6 Å². The van der Waals surface area contributed by atoms with E-state index in [1.165, 1.54) is 11.3 Å². The lowest BCUT2D eigenvalue weighted by molar-refractivity contribution is -0.136. The maximum atomic E-state index is 12.9. The van der Waals surface area contributed by atoms with Crippen LogP contribution in [0.3, 0.4) is 0 Å². The fourth-order valence-corrected chi connectivity index (χ4v) is 3.85. The van der Waals surface area contributed by atoms with Crippen LogP contribution in [0.5, 0.6) is 0 Å². The van der Waals surface area contributed by atoms with Crippen molar-refractivity contribution in [2.45, 2.75) is 58.7 Å². The van der Waals surface area contributed by atoms with Crippen molar-refractivity contribution in [3.05, 3.63) is 21.3 Å². The van der Waals surface area contributed by atoms with Gasteiger partial charge in [0.2, 0.25) is 5.91 Å². The molecule has 1 atom stereocenters. The maximum Gasteiger partial charge on any atom is 0.410 e. The molecule has 1 unspecified atom stereocenters. The summed E-state index contributed by atoms with van der Waals surface area (Å²) in [4.78, 5) is 29.7. The molecule has 134 valence electrons. The molecule has 2 rings (SSSR count). The van der Waals surface area contributed by atoms with Crippen molar-refractivity contribution < 1.29 is 14.3 Å². The van der Waals surface area contributed by atoms with Gasteiger partial charge in [-0.2, -0.15) is 0 Å². The van der Waals surface area contributed by atoms with Crippen LogP contribution in [-0.2, 0) is 16.1 Å². The Morgan fingerprint density at radius 3 is 2.67 bits per heavy atom. The molecule has 1 aliphatic heterocycles. The van der Waals surface area contributed by atoms with Crippen LogP contribution in [0.4, 0.5) is 4.79 Å². The average molecular weight is 373 g/mol. The van der Waals surface area contributed by atoms with Crippen molar-refractivity contribution >= 4 is 34.9 Å². The van der Waals surface area contributed by atoms with E-state index in [-0.39, 0.29) is 5.91 Å². The minimum absolute atomic E-state index is 0.0228. The molecule has 0 aliphatic carbocycles. The number of ether oxygens (including phenoxy) is 1. The number of nitrogens with zero attached hydrogens (tertiary/aromatic N) is 2. The van der Waals surface area contributed by atoms with Crippen LogP contribution in [0.1, 0.15) is 45.4 Å². The van der Waals surface area contributed by atoms with E-state index in [0.717, 1.165) is 11.3 Å². The van der Waals surface area contributed by atoms with Crippen molar-refractivity contribution in [2.24, 2.45) is 0 Å². The van der Waals surface area contributed by atoms with Crippen LogP contribution < -0.4 is 0 Å². The number of rotatable bonds is 4. The first-order valence-corrected chi connectivity index (χ1v) is 9.43. The predicted molar refractivity (Wildman–Crippen MR) is 96.4 cm³/mol. The van der Waals surface area contributed by atoms with E-state index < -0.39 is 17.7 Å². The van der Waals surface area contributed by atoms with E-state index in [9.17, 15) is 9.59 Å². The van der Waals surface area contributed by atoms with Gasteiger partial charge >= 0.3 is 6.09 Å². The van der Waals surface area contributed by atoms with Gasteiger partial charge in [0, 0.05) is 18.0 Å². The van der Waals surface area contributed by atoms with Crippen molar-refractivity contribution in [1.29, 1.82) is 0 Å². The number of amides is 2. The highest BCUT2D eigenvalue weighted by Gasteiger charge is 2.38. The molecular formula is C17H25ClN2O3S. The summed E-state index contributed by atoms with van der Waals surface area (Å²) in [5, 5.41) is 0. The molecule has 1 aromatic heterocycles. The molecule has 5 nitrogen and oxygen atoms in total. The maximum absolute atomic E-state index is 12.9. The van der Waals surface area contributed by atoms with Crippen LogP contribution >= 0.6 is 22.9 Å². The Kier molecular flexibility index (Phi) is 6.15. The molecule has 2 heterocycles. The first-order chi connectivity index (χ1) is 11.2. The van der Waals surface area contributed by atoms with E-state index in [1.54, 1.807) is 9.80 Å². The van der Waals surface area contributed by atoms with Crippen LogP contribution in [-0.4, -0.2) is 46.5 Å². The van der Waals surface area contributed by atoms with Crippen molar-refractivity contribution in [1.82, 2.24) is 9.80 Å². The summed E-state index contributed by atoms with van der Waals surface area (Å²) < 4.78 is 6.15. The van der Waals surface area contributed by atoms with Gasteiger partial charge in [0.05, 0.1) is 10.9 Å². The average Bonchev–Trinajstić information content (AvgIpc) is 3.11. The van der Waals surface area contributed by atoms with Crippen LogP contribution in [0.15, 0.2) is 12.1 Å². The number of hydrogen-bond donors (Lipinski definition) is 0. The molecule has 0 aromatic carbocycles. The van der Waals surface area contributed by atoms with E-state index >= 15 is 0 Å². The van der Waals surface area contributed by atoms with Crippen molar-refractivity contribution in [3.63, 3.8) is 0 Å². The molecule has 0 N–H and O–H groups in total. The molecule has 1 aromatic rings. The Bertz CT molecular complexity index is 597. The third-order valence-electron chi connectivity index (χ3n) is 3.83. The predicted octanol–water partition coefficient (Wildman–Crippen LogP) is 4.15. The summed E-state index contributed by atoms with van der Waals surface area (Å²) in [5.41, 5.74) is -0.564. The lowest BCUT2D eigenvalue weighted by Gasteiger charge is -2.31. The quantitative estimate of drug-likeness (QED) is 0.797. The van der Waals surface area contributed by atoms with Crippen LogP contribution in [0.25, 0.3) is 0 Å². The van der Waals surface area contributed by atoms with Crippen LogP contribution in [0, 0.1) is 0 Å². The van der Waals surface area contributed by atoms with E-state index in [4.69, 9.17) is 16.3 Å². The highest BCUT2D eigenvalue weighted by molar-refractivity contribution is 7.16. The standard InChI is InChI=1S/C17H25ClN2O3S/c1-5-19(11-12-8-9-14(18)24-12)15(21)13-7-6-10-20(13)16(22)23-17(2,3)4/h8-9,13H,5-7,10-11H2,1-4H3. The second kappa shape index (κ2) is 7.74. The molecule has 24 heavy (non-hydrogen) atoms. The Balaban J connectivity index is 2.06. The van der Waals surface area contributed by atoms with Gasteiger partial charge in [-0.1, -0.05) is 11.6 Å². The highest BCUT2D eigenvalue weighted by atomic mass is 35.5. The largest absolute Gasteiger partial charge is 0.444 e. The van der Waals surface area contributed by atoms with E-state index in [1.807, 2.05) is 39.8 Å². The number of halogens is 1. The monoisotopic (exact) mass is 372 g/mol.